The number of benzene rings is 2. The maximum absolute atomic E-state index is 14.3. The molecule has 1 saturated carbocycles. The highest BCUT2D eigenvalue weighted by Gasteiger charge is 2.68. The van der Waals surface area contributed by atoms with Crippen molar-refractivity contribution >= 4 is 35.0 Å². The standard InChI is InChI=1S/C32H36ClN3O5/c1-18-8-13-24(40-3)23(16-18)35-29(37)26-25-14-15-32(41-25)17-36(31(39)27(26)32)28(20-9-11-21(33)12-10-20)30(38)34-22-7-5-4-6-19(22)2/h8-16,19,22,25-28H,4-7,17H2,1-3H3,(H,34,38)(H,35,37). The van der Waals surface area contributed by atoms with Crippen LogP contribution in [0.1, 0.15) is 49.8 Å². The highest BCUT2D eigenvalue weighted by atomic mass is 35.5. The highest BCUT2D eigenvalue weighted by Crippen LogP contribution is 2.53. The number of carbonyl (C=O) groups excluding carboxylic acids is 3. The van der Waals surface area contributed by atoms with Gasteiger partial charge in [0.15, 0.2) is 0 Å². The first-order valence-electron chi connectivity index (χ1n) is 14.4. The molecule has 2 N–H and O–H groups in total. The Kier molecular flexibility index (Phi) is 7.32. The first kappa shape index (κ1) is 27.8. The lowest BCUT2D eigenvalue weighted by Crippen LogP contribution is -2.49. The molecule has 0 aromatic heterocycles. The van der Waals surface area contributed by atoms with Gasteiger partial charge in [0.25, 0.3) is 0 Å². The molecule has 3 heterocycles. The van der Waals surface area contributed by atoms with E-state index in [0.717, 1.165) is 31.2 Å². The molecule has 7 atom stereocenters. The Bertz CT molecular complexity index is 1390. The van der Waals surface area contributed by atoms with Gasteiger partial charge in [0.2, 0.25) is 17.7 Å². The van der Waals surface area contributed by atoms with Gasteiger partial charge in [-0.2, -0.15) is 0 Å². The first-order chi connectivity index (χ1) is 19.7. The van der Waals surface area contributed by atoms with Crippen LogP contribution in [0.25, 0.3) is 0 Å². The smallest absolute Gasteiger partial charge is 0.247 e. The number of halogens is 1. The number of anilines is 1. The molecule has 2 aromatic rings. The van der Waals surface area contributed by atoms with Crippen LogP contribution in [-0.4, -0.2) is 54.0 Å². The topological polar surface area (TPSA) is 97.0 Å². The monoisotopic (exact) mass is 577 g/mol. The molecule has 3 fully saturated rings. The van der Waals surface area contributed by atoms with E-state index in [0.29, 0.717) is 27.9 Å². The summed E-state index contributed by atoms with van der Waals surface area (Å²) in [6.45, 7) is 4.28. The maximum Gasteiger partial charge on any atom is 0.247 e. The third-order valence-electron chi connectivity index (χ3n) is 9.23. The van der Waals surface area contributed by atoms with Crippen LogP contribution in [0.2, 0.25) is 5.02 Å². The lowest BCUT2D eigenvalue weighted by Gasteiger charge is -2.34. The summed E-state index contributed by atoms with van der Waals surface area (Å²) >= 11 is 6.18. The van der Waals surface area contributed by atoms with Gasteiger partial charge < -0.3 is 25.0 Å². The van der Waals surface area contributed by atoms with Crippen molar-refractivity contribution in [2.24, 2.45) is 17.8 Å². The molecule has 3 aliphatic heterocycles. The number of amides is 3. The summed E-state index contributed by atoms with van der Waals surface area (Å²) in [4.78, 5) is 43.6. The Balaban J connectivity index is 1.30. The van der Waals surface area contributed by atoms with Gasteiger partial charge in [-0.05, 0) is 61.1 Å². The molecule has 8 nitrogen and oxygen atoms in total. The van der Waals surface area contributed by atoms with Crippen molar-refractivity contribution in [2.75, 3.05) is 19.0 Å². The van der Waals surface area contributed by atoms with E-state index in [9.17, 15) is 14.4 Å². The Morgan fingerprint density at radius 2 is 1.90 bits per heavy atom. The SMILES string of the molecule is COc1ccc(C)cc1NC(=O)C1C2C=CC3(CN(C(C(=O)NC4CCCCC4C)c4ccc(Cl)cc4)C(=O)C13)O2. The Hall–Kier alpha value is -3.36. The number of carbonyl (C=O) groups is 3. The number of methoxy groups -OCH3 is 1. The molecule has 1 spiro atoms. The largest absolute Gasteiger partial charge is 0.495 e. The fourth-order valence-corrected chi connectivity index (χ4v) is 7.22. The average molecular weight is 578 g/mol. The van der Waals surface area contributed by atoms with Crippen LogP contribution in [-0.2, 0) is 19.1 Å². The van der Waals surface area contributed by atoms with Crippen molar-refractivity contribution in [1.29, 1.82) is 0 Å². The number of nitrogens with zero attached hydrogens (tertiary/aromatic N) is 1. The highest BCUT2D eigenvalue weighted by molar-refractivity contribution is 6.30. The second kappa shape index (κ2) is 10.8. The summed E-state index contributed by atoms with van der Waals surface area (Å²) in [5.41, 5.74) is 1.21. The third-order valence-corrected chi connectivity index (χ3v) is 9.48. The molecular weight excluding hydrogens is 542 g/mol. The number of aryl methyl sites for hydroxylation is 1. The molecule has 4 aliphatic rings. The van der Waals surface area contributed by atoms with E-state index >= 15 is 0 Å². The van der Waals surface area contributed by atoms with Gasteiger partial charge >= 0.3 is 0 Å². The Labute approximate surface area is 245 Å². The summed E-state index contributed by atoms with van der Waals surface area (Å²) in [5, 5.41) is 6.78. The Morgan fingerprint density at radius 3 is 2.63 bits per heavy atom. The average Bonchev–Trinajstić information content (AvgIpc) is 3.59. The fourth-order valence-electron chi connectivity index (χ4n) is 7.09. The lowest BCUT2D eigenvalue weighted by molar-refractivity contribution is -0.142. The molecule has 2 bridgehead atoms. The Morgan fingerprint density at radius 1 is 1.15 bits per heavy atom. The number of ether oxygens (including phenoxy) is 2. The normalized spacial score (nSPS) is 30.7. The summed E-state index contributed by atoms with van der Waals surface area (Å²) in [5.74, 6) is -1.39. The molecule has 7 unspecified atom stereocenters. The predicted molar refractivity (Wildman–Crippen MR) is 156 cm³/mol. The van der Waals surface area contributed by atoms with Crippen LogP contribution in [0.3, 0.4) is 0 Å². The van der Waals surface area contributed by atoms with Crippen LogP contribution >= 0.6 is 11.6 Å². The number of likely N-dealkylation sites (tertiary alicyclic amines) is 1. The number of nitrogens with one attached hydrogen (secondary N) is 2. The number of hydrogen-bond acceptors (Lipinski definition) is 5. The molecule has 0 radical (unpaired) electrons. The van der Waals surface area contributed by atoms with Gasteiger partial charge in [0.1, 0.15) is 17.4 Å². The van der Waals surface area contributed by atoms with Gasteiger partial charge in [-0.15, -0.1) is 0 Å². The molecule has 2 saturated heterocycles. The number of hydrogen-bond donors (Lipinski definition) is 2. The van der Waals surface area contributed by atoms with Crippen molar-refractivity contribution in [3.05, 3.63) is 70.8 Å². The predicted octanol–water partition coefficient (Wildman–Crippen LogP) is 4.81. The maximum atomic E-state index is 14.3. The minimum Gasteiger partial charge on any atom is -0.495 e. The van der Waals surface area contributed by atoms with E-state index in [1.807, 2.05) is 31.2 Å². The van der Waals surface area contributed by atoms with Gasteiger partial charge in [-0.3, -0.25) is 14.4 Å². The molecule has 3 amide bonds. The second-order valence-corrected chi connectivity index (χ2v) is 12.3. The molecule has 6 rings (SSSR count). The molecule has 216 valence electrons. The van der Waals surface area contributed by atoms with Crippen LogP contribution in [0, 0.1) is 24.7 Å². The van der Waals surface area contributed by atoms with Crippen molar-refractivity contribution in [1.82, 2.24) is 10.2 Å². The van der Waals surface area contributed by atoms with Crippen LogP contribution < -0.4 is 15.4 Å². The van der Waals surface area contributed by atoms with E-state index in [2.05, 4.69) is 17.6 Å². The first-order valence-corrected chi connectivity index (χ1v) is 14.8. The van der Waals surface area contributed by atoms with Gasteiger partial charge in [0.05, 0.1) is 37.3 Å². The van der Waals surface area contributed by atoms with E-state index in [4.69, 9.17) is 21.1 Å². The minimum atomic E-state index is -0.969. The minimum absolute atomic E-state index is 0.0521. The van der Waals surface area contributed by atoms with Crippen LogP contribution in [0.4, 0.5) is 5.69 Å². The van der Waals surface area contributed by atoms with Crippen molar-refractivity contribution in [3.8, 4) is 5.75 Å². The van der Waals surface area contributed by atoms with Gasteiger partial charge in [-0.1, -0.05) is 61.7 Å². The summed E-state index contributed by atoms with van der Waals surface area (Å²) < 4.78 is 11.8. The molecule has 2 aromatic carbocycles. The van der Waals surface area contributed by atoms with Gasteiger partial charge in [-0.25, -0.2) is 0 Å². The van der Waals surface area contributed by atoms with Crippen LogP contribution in [0.15, 0.2) is 54.6 Å². The van der Waals surface area contributed by atoms with E-state index in [1.165, 1.54) is 0 Å². The van der Waals surface area contributed by atoms with Gasteiger partial charge in [0, 0.05) is 11.1 Å². The number of rotatable bonds is 7. The van der Waals surface area contributed by atoms with Crippen molar-refractivity contribution in [3.63, 3.8) is 0 Å². The summed E-state index contributed by atoms with van der Waals surface area (Å²) in [6.07, 6.45) is 7.45. The zero-order valence-electron chi connectivity index (χ0n) is 23.6. The molecule has 9 heteroatoms. The quantitative estimate of drug-likeness (QED) is 0.460. The van der Waals surface area contributed by atoms with E-state index in [1.54, 1.807) is 42.3 Å². The van der Waals surface area contributed by atoms with E-state index in [-0.39, 0.29) is 30.3 Å². The molecular formula is C32H36ClN3O5. The summed E-state index contributed by atoms with van der Waals surface area (Å²) in [6, 6.07) is 11.8. The zero-order valence-corrected chi connectivity index (χ0v) is 24.3. The fraction of sp³-hybridized carbons (Fsp3) is 0.469. The second-order valence-electron chi connectivity index (χ2n) is 11.9. The summed E-state index contributed by atoms with van der Waals surface area (Å²) in [7, 11) is 1.55. The zero-order chi connectivity index (χ0) is 28.9. The van der Waals surface area contributed by atoms with Crippen molar-refractivity contribution < 1.29 is 23.9 Å². The molecule has 1 aliphatic carbocycles. The van der Waals surface area contributed by atoms with Crippen LogP contribution in [0.5, 0.6) is 5.75 Å². The molecule has 41 heavy (non-hydrogen) atoms. The third kappa shape index (κ3) is 4.91. The lowest BCUT2D eigenvalue weighted by atomic mass is 9.76. The number of fused-ring (bicyclic) bond motifs is 1. The van der Waals surface area contributed by atoms with E-state index < -0.39 is 29.6 Å². The van der Waals surface area contributed by atoms with Crippen molar-refractivity contribution in [2.45, 2.75) is 63.3 Å².